The van der Waals surface area contributed by atoms with Crippen LogP contribution >= 0.6 is 15.9 Å². The Hall–Kier alpha value is -1.33. The van der Waals surface area contributed by atoms with Crippen molar-refractivity contribution in [1.82, 2.24) is 5.32 Å². The van der Waals surface area contributed by atoms with Gasteiger partial charge < -0.3 is 5.32 Å². The summed E-state index contributed by atoms with van der Waals surface area (Å²) in [5.74, 6) is -2.22. The minimum absolute atomic E-state index is 0.388. The van der Waals surface area contributed by atoms with E-state index in [1.165, 1.54) is 18.2 Å². The number of benzene rings is 2. The number of nitrogens with one attached hydrogen (secondary N) is 1. The largest absolute Gasteiger partial charge is 0.309 e. The lowest BCUT2D eigenvalue weighted by atomic mass is 9.98. The lowest BCUT2D eigenvalue weighted by molar-refractivity contribution is 0.504. The van der Waals surface area contributed by atoms with E-state index in [4.69, 9.17) is 0 Å². The predicted molar refractivity (Wildman–Crippen MR) is 71.4 cm³/mol. The summed E-state index contributed by atoms with van der Waals surface area (Å²) < 4.78 is 40.2. The van der Waals surface area contributed by atoms with Gasteiger partial charge in [-0.2, -0.15) is 0 Å². The quantitative estimate of drug-likeness (QED) is 0.890. The van der Waals surface area contributed by atoms with E-state index in [-0.39, 0.29) is 5.82 Å². The van der Waals surface area contributed by atoms with Gasteiger partial charge in [-0.1, -0.05) is 22.0 Å². The molecule has 0 saturated carbocycles. The molecule has 0 saturated heterocycles. The van der Waals surface area contributed by atoms with Gasteiger partial charge in [0.05, 0.1) is 6.04 Å². The van der Waals surface area contributed by atoms with Gasteiger partial charge in [0.25, 0.3) is 0 Å². The summed E-state index contributed by atoms with van der Waals surface area (Å²) in [5, 5.41) is 2.96. The summed E-state index contributed by atoms with van der Waals surface area (Å²) >= 11 is 3.33. The van der Waals surface area contributed by atoms with Gasteiger partial charge in [-0.15, -0.1) is 0 Å². The molecule has 0 bridgehead atoms. The van der Waals surface area contributed by atoms with Crippen molar-refractivity contribution >= 4 is 15.9 Å². The molecule has 0 aliphatic heterocycles. The van der Waals surface area contributed by atoms with Crippen LogP contribution < -0.4 is 5.32 Å². The molecule has 100 valence electrons. The average Bonchev–Trinajstić information content (AvgIpc) is 2.38. The fourth-order valence-corrected chi connectivity index (χ4v) is 2.41. The summed E-state index contributed by atoms with van der Waals surface area (Å²) in [6.07, 6.45) is 0. The van der Waals surface area contributed by atoms with Gasteiger partial charge in [0, 0.05) is 4.47 Å². The molecule has 1 atom stereocenters. The van der Waals surface area contributed by atoms with Crippen LogP contribution in [0.3, 0.4) is 0 Å². The van der Waals surface area contributed by atoms with Crippen LogP contribution in [0.2, 0.25) is 0 Å². The van der Waals surface area contributed by atoms with E-state index in [0.717, 1.165) is 12.1 Å². The van der Waals surface area contributed by atoms with Gasteiger partial charge >= 0.3 is 0 Å². The third-order valence-corrected chi connectivity index (χ3v) is 3.56. The third-order valence-electron chi connectivity index (χ3n) is 2.83. The average molecular weight is 330 g/mol. The highest BCUT2D eigenvalue weighted by molar-refractivity contribution is 9.10. The van der Waals surface area contributed by atoms with Crippen LogP contribution in [-0.2, 0) is 0 Å². The van der Waals surface area contributed by atoms with Crippen molar-refractivity contribution in [3.8, 4) is 0 Å². The topological polar surface area (TPSA) is 12.0 Å². The van der Waals surface area contributed by atoms with Crippen LogP contribution in [0.25, 0.3) is 0 Å². The van der Waals surface area contributed by atoms with Crippen LogP contribution in [0, 0.1) is 17.5 Å². The zero-order valence-electron chi connectivity index (χ0n) is 10.1. The number of rotatable bonds is 3. The molecule has 0 amide bonds. The van der Waals surface area contributed by atoms with Gasteiger partial charge in [0.2, 0.25) is 0 Å². The first-order valence-corrected chi connectivity index (χ1v) is 6.39. The Bertz CT molecular complexity index is 601. The van der Waals surface area contributed by atoms with Crippen molar-refractivity contribution in [2.75, 3.05) is 7.05 Å². The Balaban J connectivity index is 2.49. The zero-order valence-corrected chi connectivity index (χ0v) is 11.6. The van der Waals surface area contributed by atoms with E-state index in [9.17, 15) is 13.2 Å². The summed E-state index contributed by atoms with van der Waals surface area (Å²) in [4.78, 5) is 0. The van der Waals surface area contributed by atoms with Gasteiger partial charge in [-0.3, -0.25) is 0 Å². The summed E-state index contributed by atoms with van der Waals surface area (Å²) in [7, 11) is 1.67. The van der Waals surface area contributed by atoms with E-state index in [0.29, 0.717) is 15.6 Å². The van der Waals surface area contributed by atoms with Crippen molar-refractivity contribution in [1.29, 1.82) is 0 Å². The summed E-state index contributed by atoms with van der Waals surface area (Å²) in [5.41, 5.74) is 1.14. The second-order valence-electron chi connectivity index (χ2n) is 4.06. The van der Waals surface area contributed by atoms with Gasteiger partial charge in [0.1, 0.15) is 5.82 Å². The molecule has 0 aromatic heterocycles. The van der Waals surface area contributed by atoms with E-state index in [2.05, 4.69) is 21.2 Å². The van der Waals surface area contributed by atoms with Gasteiger partial charge in [-0.25, -0.2) is 13.2 Å². The molecule has 2 rings (SSSR count). The molecule has 0 fully saturated rings. The smallest absolute Gasteiger partial charge is 0.159 e. The lowest BCUT2D eigenvalue weighted by Crippen LogP contribution is -2.18. The first-order valence-electron chi connectivity index (χ1n) is 5.60. The fourth-order valence-electron chi connectivity index (χ4n) is 1.93. The highest BCUT2D eigenvalue weighted by Gasteiger charge is 2.17. The van der Waals surface area contributed by atoms with Crippen molar-refractivity contribution < 1.29 is 13.2 Å². The Labute approximate surface area is 117 Å². The van der Waals surface area contributed by atoms with E-state index in [1.54, 1.807) is 13.1 Å². The zero-order chi connectivity index (χ0) is 14.0. The van der Waals surface area contributed by atoms with Crippen LogP contribution in [0.5, 0.6) is 0 Å². The number of halogens is 4. The van der Waals surface area contributed by atoms with Crippen molar-refractivity contribution in [3.63, 3.8) is 0 Å². The normalized spacial score (nSPS) is 12.5. The molecule has 2 aromatic carbocycles. The molecule has 1 unspecified atom stereocenters. The monoisotopic (exact) mass is 329 g/mol. The molecular formula is C14H11BrF3N. The third kappa shape index (κ3) is 2.98. The maximum Gasteiger partial charge on any atom is 0.159 e. The SMILES string of the molecule is CNC(c1ccc(F)c(F)c1)c1cc(F)ccc1Br. The molecule has 0 heterocycles. The highest BCUT2D eigenvalue weighted by Crippen LogP contribution is 2.29. The van der Waals surface area contributed by atoms with Gasteiger partial charge in [0.15, 0.2) is 11.6 Å². The Morgan fingerprint density at radius 1 is 1.00 bits per heavy atom. The lowest BCUT2D eigenvalue weighted by Gasteiger charge is -2.19. The van der Waals surface area contributed by atoms with Crippen LogP contribution in [0.4, 0.5) is 13.2 Å². The van der Waals surface area contributed by atoms with E-state index in [1.807, 2.05) is 0 Å². The molecule has 0 radical (unpaired) electrons. The predicted octanol–water partition coefficient (Wildman–Crippen LogP) is 4.18. The molecule has 2 aromatic rings. The minimum atomic E-state index is -0.926. The molecule has 19 heavy (non-hydrogen) atoms. The summed E-state index contributed by atoms with van der Waals surface area (Å²) in [6, 6.07) is 7.46. The second-order valence-corrected chi connectivity index (χ2v) is 4.92. The molecule has 1 N–H and O–H groups in total. The van der Waals surface area contributed by atoms with E-state index >= 15 is 0 Å². The highest BCUT2D eigenvalue weighted by atomic mass is 79.9. The Kier molecular flexibility index (Phi) is 4.27. The maximum absolute atomic E-state index is 13.3. The molecule has 0 aliphatic rings. The molecule has 0 spiro atoms. The first kappa shape index (κ1) is 14.1. The molecule has 1 nitrogen and oxygen atoms in total. The van der Waals surface area contributed by atoms with Crippen LogP contribution in [0.1, 0.15) is 17.2 Å². The fraction of sp³-hybridized carbons (Fsp3) is 0.143. The standard InChI is InChI=1S/C14H11BrF3N/c1-19-14(8-2-5-12(17)13(18)6-8)10-7-9(16)3-4-11(10)15/h2-7,14,19H,1H3. The second kappa shape index (κ2) is 5.75. The van der Waals surface area contributed by atoms with E-state index < -0.39 is 17.7 Å². The minimum Gasteiger partial charge on any atom is -0.309 e. The first-order chi connectivity index (χ1) is 9.02. The van der Waals surface area contributed by atoms with Gasteiger partial charge in [-0.05, 0) is 48.5 Å². The maximum atomic E-state index is 13.3. The molecule has 5 heteroatoms. The van der Waals surface area contributed by atoms with Crippen molar-refractivity contribution in [2.45, 2.75) is 6.04 Å². The molecule has 0 aliphatic carbocycles. The molecular weight excluding hydrogens is 319 g/mol. The van der Waals surface area contributed by atoms with Crippen LogP contribution in [0.15, 0.2) is 40.9 Å². The van der Waals surface area contributed by atoms with Crippen molar-refractivity contribution in [3.05, 3.63) is 69.4 Å². The number of hydrogen-bond donors (Lipinski definition) is 1. The Morgan fingerprint density at radius 3 is 2.37 bits per heavy atom. The Morgan fingerprint density at radius 2 is 1.74 bits per heavy atom. The summed E-state index contributed by atoms with van der Waals surface area (Å²) in [6.45, 7) is 0. The van der Waals surface area contributed by atoms with Crippen molar-refractivity contribution in [2.24, 2.45) is 0 Å². The number of hydrogen-bond acceptors (Lipinski definition) is 1. The van der Waals surface area contributed by atoms with Crippen LogP contribution in [-0.4, -0.2) is 7.05 Å².